The Morgan fingerprint density at radius 3 is 2.10 bits per heavy atom. The second-order valence-electron chi connectivity index (χ2n) is 7.39. The summed E-state index contributed by atoms with van der Waals surface area (Å²) in [6.07, 6.45) is 0. The standard InChI is InChI=1S/C26H15NO3/c28-27(29)23-12-6-5-11-20(23)22-15-17-8-2-4-10-19(17)26-24(22)21-14-13-16-7-1-3-9-18(16)25(21)30-26/h1-15H. The van der Waals surface area contributed by atoms with Gasteiger partial charge in [0.25, 0.3) is 5.69 Å². The van der Waals surface area contributed by atoms with Gasteiger partial charge in [-0.05, 0) is 29.0 Å². The molecule has 1 aromatic heterocycles. The topological polar surface area (TPSA) is 56.3 Å². The van der Waals surface area contributed by atoms with Crippen molar-refractivity contribution in [3.8, 4) is 11.1 Å². The molecule has 6 rings (SSSR count). The van der Waals surface area contributed by atoms with Crippen molar-refractivity contribution in [2.24, 2.45) is 0 Å². The maximum atomic E-state index is 11.8. The van der Waals surface area contributed by atoms with E-state index < -0.39 is 0 Å². The third-order valence-corrected chi connectivity index (χ3v) is 5.75. The van der Waals surface area contributed by atoms with Crippen molar-refractivity contribution < 1.29 is 9.34 Å². The number of para-hydroxylation sites is 1. The molecular weight excluding hydrogens is 374 g/mol. The highest BCUT2D eigenvalue weighted by molar-refractivity contribution is 6.25. The fourth-order valence-corrected chi connectivity index (χ4v) is 4.41. The number of rotatable bonds is 2. The Morgan fingerprint density at radius 1 is 0.633 bits per heavy atom. The van der Waals surface area contributed by atoms with Gasteiger partial charge in [-0.2, -0.15) is 0 Å². The molecule has 30 heavy (non-hydrogen) atoms. The van der Waals surface area contributed by atoms with Gasteiger partial charge < -0.3 is 4.42 Å². The van der Waals surface area contributed by atoms with Crippen LogP contribution in [0, 0.1) is 10.1 Å². The molecule has 1 heterocycles. The largest absolute Gasteiger partial charge is 0.455 e. The predicted octanol–water partition coefficient (Wildman–Crippen LogP) is 7.47. The number of fused-ring (bicyclic) bond motifs is 7. The molecule has 0 atom stereocenters. The maximum Gasteiger partial charge on any atom is 0.277 e. The highest BCUT2D eigenvalue weighted by atomic mass is 16.6. The minimum Gasteiger partial charge on any atom is -0.455 e. The monoisotopic (exact) mass is 389 g/mol. The van der Waals surface area contributed by atoms with Gasteiger partial charge >= 0.3 is 0 Å². The van der Waals surface area contributed by atoms with Crippen LogP contribution >= 0.6 is 0 Å². The number of furan rings is 1. The van der Waals surface area contributed by atoms with Crippen LogP contribution in [0.2, 0.25) is 0 Å². The van der Waals surface area contributed by atoms with Gasteiger partial charge in [0.2, 0.25) is 0 Å². The maximum absolute atomic E-state index is 11.8. The van der Waals surface area contributed by atoms with Crippen LogP contribution in [0.15, 0.2) is 95.4 Å². The zero-order valence-corrected chi connectivity index (χ0v) is 15.8. The van der Waals surface area contributed by atoms with Crippen LogP contribution in [0.4, 0.5) is 5.69 Å². The van der Waals surface area contributed by atoms with E-state index in [-0.39, 0.29) is 10.6 Å². The molecule has 0 N–H and O–H groups in total. The smallest absolute Gasteiger partial charge is 0.277 e. The number of nitro groups is 1. The van der Waals surface area contributed by atoms with Gasteiger partial charge in [0, 0.05) is 33.2 Å². The lowest BCUT2D eigenvalue weighted by Crippen LogP contribution is -1.92. The molecule has 6 aromatic rings. The Bertz CT molecular complexity index is 1630. The molecule has 0 spiro atoms. The molecule has 0 radical (unpaired) electrons. The summed E-state index contributed by atoms with van der Waals surface area (Å²) >= 11 is 0. The fraction of sp³-hybridized carbons (Fsp3) is 0. The normalized spacial score (nSPS) is 11.6. The van der Waals surface area contributed by atoms with Crippen LogP contribution < -0.4 is 0 Å². The molecule has 142 valence electrons. The van der Waals surface area contributed by atoms with E-state index in [1.807, 2.05) is 60.7 Å². The van der Waals surface area contributed by atoms with Gasteiger partial charge in [-0.25, -0.2) is 0 Å². The Kier molecular flexibility index (Phi) is 3.44. The third kappa shape index (κ3) is 2.28. The molecule has 0 fully saturated rings. The molecule has 0 amide bonds. The Hall–Kier alpha value is -4.18. The molecule has 0 aliphatic rings. The van der Waals surface area contributed by atoms with E-state index in [9.17, 15) is 10.1 Å². The van der Waals surface area contributed by atoms with Gasteiger partial charge in [0.15, 0.2) is 0 Å². The van der Waals surface area contributed by atoms with Crippen LogP contribution in [-0.2, 0) is 0 Å². The molecule has 5 aromatic carbocycles. The summed E-state index contributed by atoms with van der Waals surface area (Å²) in [7, 11) is 0. The molecule has 0 aliphatic carbocycles. The molecule has 4 heteroatoms. The number of nitro benzene ring substituents is 1. The van der Waals surface area contributed by atoms with Crippen molar-refractivity contribution >= 4 is 49.2 Å². The first-order valence-corrected chi connectivity index (χ1v) is 9.72. The quantitative estimate of drug-likeness (QED) is 0.228. The van der Waals surface area contributed by atoms with Crippen LogP contribution in [-0.4, -0.2) is 4.92 Å². The molecule has 0 saturated carbocycles. The first-order valence-electron chi connectivity index (χ1n) is 9.72. The zero-order chi connectivity index (χ0) is 20.2. The summed E-state index contributed by atoms with van der Waals surface area (Å²) in [5, 5.41) is 17.7. The summed E-state index contributed by atoms with van der Waals surface area (Å²) in [5.41, 5.74) is 3.05. The lowest BCUT2D eigenvalue weighted by molar-refractivity contribution is -0.384. The minimum atomic E-state index is -0.325. The van der Waals surface area contributed by atoms with Gasteiger partial charge in [-0.15, -0.1) is 0 Å². The van der Waals surface area contributed by atoms with Gasteiger partial charge in [0.1, 0.15) is 11.2 Å². The SMILES string of the molecule is O=[N+]([O-])c1ccccc1-c1cc2ccccc2c2oc3c4ccccc4ccc3c12. The van der Waals surface area contributed by atoms with Crippen molar-refractivity contribution in [1.29, 1.82) is 0 Å². The van der Waals surface area contributed by atoms with Crippen molar-refractivity contribution in [1.82, 2.24) is 0 Å². The van der Waals surface area contributed by atoms with Crippen LogP contribution in [0.3, 0.4) is 0 Å². The van der Waals surface area contributed by atoms with Crippen LogP contribution in [0.1, 0.15) is 0 Å². The van der Waals surface area contributed by atoms with Crippen molar-refractivity contribution in [2.45, 2.75) is 0 Å². The number of benzene rings is 5. The van der Waals surface area contributed by atoms with E-state index in [4.69, 9.17) is 4.42 Å². The second-order valence-corrected chi connectivity index (χ2v) is 7.39. The minimum absolute atomic E-state index is 0.0872. The Morgan fingerprint density at radius 2 is 1.30 bits per heavy atom. The van der Waals surface area contributed by atoms with Crippen molar-refractivity contribution in [2.75, 3.05) is 0 Å². The van der Waals surface area contributed by atoms with E-state index in [1.54, 1.807) is 12.1 Å². The zero-order valence-electron chi connectivity index (χ0n) is 15.8. The first-order chi connectivity index (χ1) is 14.7. The molecule has 0 unspecified atom stereocenters. The lowest BCUT2D eigenvalue weighted by atomic mass is 9.94. The average Bonchev–Trinajstić information content (AvgIpc) is 3.19. The van der Waals surface area contributed by atoms with E-state index in [0.29, 0.717) is 5.56 Å². The number of hydrogen-bond donors (Lipinski definition) is 0. The van der Waals surface area contributed by atoms with Crippen LogP contribution in [0.5, 0.6) is 0 Å². The summed E-state index contributed by atoms with van der Waals surface area (Å²) in [5.74, 6) is 0. The Balaban J connectivity index is 1.87. The molecule has 0 saturated heterocycles. The van der Waals surface area contributed by atoms with Crippen molar-refractivity contribution in [3.05, 3.63) is 101 Å². The average molecular weight is 389 g/mol. The summed E-state index contributed by atoms with van der Waals surface area (Å²) in [6, 6.07) is 29.1. The lowest BCUT2D eigenvalue weighted by Gasteiger charge is -2.08. The summed E-state index contributed by atoms with van der Waals surface area (Å²) in [6.45, 7) is 0. The highest BCUT2D eigenvalue weighted by Gasteiger charge is 2.22. The first kappa shape index (κ1) is 16.7. The molecule has 0 aliphatic heterocycles. The van der Waals surface area contributed by atoms with E-state index in [1.165, 1.54) is 0 Å². The predicted molar refractivity (Wildman–Crippen MR) is 121 cm³/mol. The summed E-state index contributed by atoms with van der Waals surface area (Å²) in [4.78, 5) is 11.4. The van der Waals surface area contributed by atoms with Crippen LogP contribution in [0.25, 0.3) is 54.6 Å². The van der Waals surface area contributed by atoms with E-state index in [2.05, 4.69) is 18.2 Å². The molecular formula is C26H15NO3. The van der Waals surface area contributed by atoms with Gasteiger partial charge in [0.05, 0.1) is 10.5 Å². The van der Waals surface area contributed by atoms with Crippen molar-refractivity contribution in [3.63, 3.8) is 0 Å². The molecule has 0 bridgehead atoms. The van der Waals surface area contributed by atoms with E-state index in [0.717, 1.165) is 49.0 Å². The highest BCUT2D eigenvalue weighted by Crippen LogP contribution is 2.44. The Labute approximate surface area is 171 Å². The van der Waals surface area contributed by atoms with E-state index >= 15 is 0 Å². The second kappa shape index (κ2) is 6.16. The van der Waals surface area contributed by atoms with Gasteiger partial charge in [-0.3, -0.25) is 10.1 Å². The third-order valence-electron chi connectivity index (χ3n) is 5.75. The number of hydrogen-bond acceptors (Lipinski definition) is 3. The molecule has 4 nitrogen and oxygen atoms in total. The summed E-state index contributed by atoms with van der Waals surface area (Å²) < 4.78 is 6.47. The number of nitrogens with zero attached hydrogens (tertiary/aromatic N) is 1. The van der Waals surface area contributed by atoms with Gasteiger partial charge in [-0.1, -0.05) is 66.7 Å². The fourth-order valence-electron chi connectivity index (χ4n) is 4.41.